The molecule has 0 aromatic rings. The number of carbonyl (C=O) groups excluding carboxylic acids is 2. The molecule has 0 unspecified atom stereocenters. The number of rotatable bonds is 6. The van der Waals surface area contributed by atoms with E-state index in [1.54, 1.807) is 0 Å². The van der Waals surface area contributed by atoms with Crippen LogP contribution in [0.5, 0.6) is 0 Å². The Labute approximate surface area is 114 Å². The number of Topliss-reactive ketones (excluding diaryl/α,β-unsaturated/α-hetero) is 2. The molecule has 0 aromatic carbocycles. The second kappa shape index (κ2) is 6.33. The predicted molar refractivity (Wildman–Crippen MR) is 72.7 cm³/mol. The highest BCUT2D eigenvalue weighted by Crippen LogP contribution is 2.33. The normalized spacial score (nSPS) is 23.8. The van der Waals surface area contributed by atoms with Gasteiger partial charge in [0.05, 0.1) is 5.92 Å². The van der Waals surface area contributed by atoms with E-state index in [2.05, 4.69) is 0 Å². The van der Waals surface area contributed by atoms with Gasteiger partial charge in [0.15, 0.2) is 11.6 Å². The monoisotopic (exact) mass is 268 g/mol. The van der Waals surface area contributed by atoms with E-state index in [4.69, 9.17) is 0 Å². The molecule has 0 amide bonds. The lowest BCUT2D eigenvalue weighted by Crippen LogP contribution is -2.25. The summed E-state index contributed by atoms with van der Waals surface area (Å²) in [6, 6.07) is 0. The molecule has 1 aliphatic carbocycles. The molecule has 0 saturated heterocycles. The van der Waals surface area contributed by atoms with Crippen molar-refractivity contribution in [1.29, 1.82) is 0 Å². The summed E-state index contributed by atoms with van der Waals surface area (Å²) < 4.78 is 0. The summed E-state index contributed by atoms with van der Waals surface area (Å²) in [5.74, 6) is -1.25. The first-order valence-electron chi connectivity index (χ1n) is 6.94. The van der Waals surface area contributed by atoms with Crippen molar-refractivity contribution < 1.29 is 19.8 Å². The minimum atomic E-state index is -1.26. The van der Waals surface area contributed by atoms with E-state index >= 15 is 0 Å². The molecule has 2 atom stereocenters. The molecule has 0 fully saturated rings. The Morgan fingerprint density at radius 3 is 2.26 bits per heavy atom. The van der Waals surface area contributed by atoms with Crippen molar-refractivity contribution in [3.05, 3.63) is 11.3 Å². The van der Waals surface area contributed by atoms with E-state index in [9.17, 15) is 19.8 Å². The van der Waals surface area contributed by atoms with Crippen molar-refractivity contribution in [3.63, 3.8) is 0 Å². The summed E-state index contributed by atoms with van der Waals surface area (Å²) in [5.41, 5.74) is -0.171. The second-order valence-corrected chi connectivity index (χ2v) is 6.17. The van der Waals surface area contributed by atoms with Crippen LogP contribution < -0.4 is 0 Å². The first-order valence-corrected chi connectivity index (χ1v) is 6.94. The quantitative estimate of drug-likeness (QED) is 0.725. The average Bonchev–Trinajstić information content (AvgIpc) is 2.47. The van der Waals surface area contributed by atoms with Gasteiger partial charge in [-0.2, -0.15) is 0 Å². The fourth-order valence-electron chi connectivity index (χ4n) is 2.35. The van der Waals surface area contributed by atoms with Crippen molar-refractivity contribution in [2.75, 3.05) is 0 Å². The average molecular weight is 268 g/mol. The lowest BCUT2D eigenvalue weighted by atomic mass is 9.94. The van der Waals surface area contributed by atoms with Crippen LogP contribution in [0.15, 0.2) is 11.3 Å². The third kappa shape index (κ3) is 3.66. The van der Waals surface area contributed by atoms with E-state index < -0.39 is 17.8 Å². The van der Waals surface area contributed by atoms with E-state index in [1.165, 1.54) is 0 Å². The van der Waals surface area contributed by atoms with Gasteiger partial charge in [-0.1, -0.05) is 34.1 Å². The molecule has 108 valence electrons. The highest BCUT2D eigenvalue weighted by atomic mass is 16.3. The molecule has 0 spiro atoms. The lowest BCUT2D eigenvalue weighted by Gasteiger charge is -2.15. The summed E-state index contributed by atoms with van der Waals surface area (Å²) in [4.78, 5) is 23.9. The van der Waals surface area contributed by atoms with E-state index in [1.807, 2.05) is 27.7 Å². The van der Waals surface area contributed by atoms with Crippen LogP contribution in [-0.2, 0) is 9.59 Å². The van der Waals surface area contributed by atoms with Gasteiger partial charge in [0.2, 0.25) is 0 Å². The van der Waals surface area contributed by atoms with Crippen molar-refractivity contribution in [1.82, 2.24) is 0 Å². The Balaban J connectivity index is 2.89. The largest absolute Gasteiger partial charge is 0.511 e. The molecule has 2 N–H and O–H groups in total. The highest BCUT2D eigenvalue weighted by Gasteiger charge is 2.43. The zero-order valence-electron chi connectivity index (χ0n) is 12.1. The summed E-state index contributed by atoms with van der Waals surface area (Å²) in [6.07, 6.45) is 0.277. The first kappa shape index (κ1) is 15.9. The molecular formula is C15H24O4. The minimum absolute atomic E-state index is 0.118. The molecule has 19 heavy (non-hydrogen) atoms. The summed E-state index contributed by atoms with van der Waals surface area (Å²) >= 11 is 0. The maximum Gasteiger partial charge on any atom is 0.198 e. The van der Waals surface area contributed by atoms with Crippen LogP contribution in [0.1, 0.15) is 47.0 Å². The fraction of sp³-hybridized carbons (Fsp3) is 0.733. The molecule has 4 nitrogen and oxygen atoms in total. The van der Waals surface area contributed by atoms with Crippen LogP contribution in [0.2, 0.25) is 0 Å². The summed E-state index contributed by atoms with van der Waals surface area (Å²) in [5, 5.41) is 20.0. The lowest BCUT2D eigenvalue weighted by molar-refractivity contribution is -0.126. The van der Waals surface area contributed by atoms with Gasteiger partial charge in [-0.25, -0.2) is 0 Å². The van der Waals surface area contributed by atoms with Crippen LogP contribution >= 0.6 is 0 Å². The molecule has 0 aliphatic heterocycles. The SMILES string of the molecule is CC(C)CC[C@H]1C(O)=C(C(=O)CC(C)C)C(=O)[C@@H]1O. The smallest absolute Gasteiger partial charge is 0.198 e. The summed E-state index contributed by atoms with van der Waals surface area (Å²) in [7, 11) is 0. The van der Waals surface area contributed by atoms with E-state index in [0.29, 0.717) is 12.3 Å². The molecule has 1 rings (SSSR count). The van der Waals surface area contributed by atoms with Crippen LogP contribution in [-0.4, -0.2) is 27.9 Å². The number of carbonyl (C=O) groups is 2. The van der Waals surface area contributed by atoms with Gasteiger partial charge >= 0.3 is 0 Å². The fourth-order valence-corrected chi connectivity index (χ4v) is 2.35. The third-order valence-corrected chi connectivity index (χ3v) is 3.43. The van der Waals surface area contributed by atoms with Gasteiger partial charge in [-0.3, -0.25) is 9.59 Å². The maximum absolute atomic E-state index is 12.0. The number of ketones is 2. The van der Waals surface area contributed by atoms with Crippen LogP contribution in [0.3, 0.4) is 0 Å². The van der Waals surface area contributed by atoms with Crippen molar-refractivity contribution in [3.8, 4) is 0 Å². The second-order valence-electron chi connectivity index (χ2n) is 6.17. The van der Waals surface area contributed by atoms with Gasteiger partial charge in [0, 0.05) is 6.42 Å². The number of hydrogen-bond donors (Lipinski definition) is 2. The summed E-state index contributed by atoms with van der Waals surface area (Å²) in [6.45, 7) is 7.83. The van der Waals surface area contributed by atoms with Crippen molar-refractivity contribution >= 4 is 11.6 Å². The van der Waals surface area contributed by atoms with Gasteiger partial charge in [-0.05, 0) is 18.3 Å². The Bertz CT molecular complexity index is 393. The Kier molecular flexibility index (Phi) is 5.29. The van der Waals surface area contributed by atoms with Gasteiger partial charge in [-0.15, -0.1) is 0 Å². The topological polar surface area (TPSA) is 74.6 Å². The minimum Gasteiger partial charge on any atom is -0.511 e. The third-order valence-electron chi connectivity index (χ3n) is 3.43. The van der Waals surface area contributed by atoms with Gasteiger partial charge < -0.3 is 10.2 Å². The molecule has 0 heterocycles. The van der Waals surface area contributed by atoms with Crippen LogP contribution in [0, 0.1) is 17.8 Å². The molecule has 1 aliphatic rings. The standard InChI is InChI=1S/C15H24O4/c1-8(2)5-6-10-13(17)12(15(19)14(10)18)11(16)7-9(3)4/h8-10,14,17-18H,5-7H2,1-4H3/t10-,14+/m0/s1. The van der Waals surface area contributed by atoms with Crippen molar-refractivity contribution in [2.24, 2.45) is 17.8 Å². The molecule has 0 radical (unpaired) electrons. The Hall–Kier alpha value is -1.16. The van der Waals surface area contributed by atoms with E-state index in [-0.39, 0.29) is 29.5 Å². The van der Waals surface area contributed by atoms with Gasteiger partial charge in [0.25, 0.3) is 0 Å². The number of aliphatic hydroxyl groups excluding tert-OH is 2. The van der Waals surface area contributed by atoms with Crippen LogP contribution in [0.25, 0.3) is 0 Å². The van der Waals surface area contributed by atoms with Crippen molar-refractivity contribution in [2.45, 2.75) is 53.1 Å². The number of aliphatic hydroxyl groups is 2. The zero-order chi connectivity index (χ0) is 14.7. The van der Waals surface area contributed by atoms with E-state index in [0.717, 1.165) is 6.42 Å². The Morgan fingerprint density at radius 1 is 1.21 bits per heavy atom. The molecule has 0 bridgehead atoms. The maximum atomic E-state index is 12.0. The predicted octanol–water partition coefficient (Wildman–Crippen LogP) is 2.41. The van der Waals surface area contributed by atoms with Gasteiger partial charge in [0.1, 0.15) is 17.4 Å². The molecule has 4 heteroatoms. The molecular weight excluding hydrogens is 244 g/mol. The molecule has 0 aromatic heterocycles. The zero-order valence-corrected chi connectivity index (χ0v) is 12.1. The highest BCUT2D eigenvalue weighted by molar-refractivity contribution is 6.23. The molecule has 0 saturated carbocycles. The Morgan fingerprint density at radius 2 is 1.79 bits per heavy atom. The first-order chi connectivity index (χ1) is 8.75. The number of hydrogen-bond acceptors (Lipinski definition) is 4. The van der Waals surface area contributed by atoms with Crippen LogP contribution in [0.4, 0.5) is 0 Å².